The molecule has 0 aliphatic rings. The van der Waals surface area contributed by atoms with Crippen molar-refractivity contribution in [3.8, 4) is 5.75 Å². The second-order valence-corrected chi connectivity index (χ2v) is 4.84. The van der Waals surface area contributed by atoms with Crippen molar-refractivity contribution in [2.45, 2.75) is 12.8 Å². The van der Waals surface area contributed by atoms with Crippen molar-refractivity contribution in [2.24, 2.45) is 5.73 Å². The normalized spacial score (nSPS) is 10.6. The van der Waals surface area contributed by atoms with Crippen molar-refractivity contribution in [1.82, 2.24) is 0 Å². The number of nitrogens with two attached hydrogens (primary N) is 1. The molecule has 2 N–H and O–H groups in total. The van der Waals surface area contributed by atoms with Gasteiger partial charge in [-0.2, -0.15) is 11.3 Å². The SMILES string of the molecule is NCCc1cc(F)cc(OCCc2ccsc2)c1. The highest BCUT2D eigenvalue weighted by atomic mass is 32.1. The fourth-order valence-electron chi connectivity index (χ4n) is 1.74. The van der Waals surface area contributed by atoms with Crippen LogP contribution in [-0.4, -0.2) is 13.2 Å². The van der Waals surface area contributed by atoms with Gasteiger partial charge in [0.2, 0.25) is 0 Å². The van der Waals surface area contributed by atoms with Crippen LogP contribution in [0.5, 0.6) is 5.75 Å². The van der Waals surface area contributed by atoms with Crippen LogP contribution in [0.3, 0.4) is 0 Å². The highest BCUT2D eigenvalue weighted by Gasteiger charge is 2.02. The van der Waals surface area contributed by atoms with Gasteiger partial charge in [0.15, 0.2) is 0 Å². The molecule has 18 heavy (non-hydrogen) atoms. The van der Waals surface area contributed by atoms with Gasteiger partial charge in [-0.15, -0.1) is 0 Å². The van der Waals surface area contributed by atoms with E-state index in [1.54, 1.807) is 11.3 Å². The predicted molar refractivity (Wildman–Crippen MR) is 72.7 cm³/mol. The van der Waals surface area contributed by atoms with Gasteiger partial charge in [-0.05, 0) is 53.1 Å². The van der Waals surface area contributed by atoms with Gasteiger partial charge < -0.3 is 10.5 Å². The van der Waals surface area contributed by atoms with Crippen LogP contribution in [0.4, 0.5) is 4.39 Å². The molecule has 0 amide bonds. The van der Waals surface area contributed by atoms with E-state index in [9.17, 15) is 4.39 Å². The average Bonchev–Trinajstić information content (AvgIpc) is 2.82. The summed E-state index contributed by atoms with van der Waals surface area (Å²) in [6, 6.07) is 6.83. The Morgan fingerprint density at radius 2 is 2.06 bits per heavy atom. The van der Waals surface area contributed by atoms with Crippen LogP contribution in [0.25, 0.3) is 0 Å². The van der Waals surface area contributed by atoms with E-state index in [1.807, 2.05) is 11.4 Å². The topological polar surface area (TPSA) is 35.2 Å². The van der Waals surface area contributed by atoms with Gasteiger partial charge in [0.1, 0.15) is 11.6 Å². The fraction of sp³-hybridized carbons (Fsp3) is 0.286. The summed E-state index contributed by atoms with van der Waals surface area (Å²) in [5.74, 6) is 0.306. The second kappa shape index (κ2) is 6.52. The van der Waals surface area contributed by atoms with E-state index in [-0.39, 0.29) is 5.82 Å². The summed E-state index contributed by atoms with van der Waals surface area (Å²) in [4.78, 5) is 0. The summed E-state index contributed by atoms with van der Waals surface area (Å²) >= 11 is 1.67. The summed E-state index contributed by atoms with van der Waals surface area (Å²) in [6.45, 7) is 1.07. The molecule has 1 aromatic carbocycles. The molecular weight excluding hydrogens is 249 g/mol. The molecule has 0 saturated carbocycles. The van der Waals surface area contributed by atoms with E-state index in [1.165, 1.54) is 17.7 Å². The minimum atomic E-state index is -0.272. The standard InChI is InChI=1S/C14H16FNOS/c15-13-7-12(1-4-16)8-14(9-13)17-5-2-11-3-6-18-10-11/h3,6-10H,1-2,4-5,16H2. The van der Waals surface area contributed by atoms with Crippen molar-refractivity contribution < 1.29 is 9.13 Å². The van der Waals surface area contributed by atoms with Crippen LogP contribution < -0.4 is 10.5 Å². The zero-order valence-electron chi connectivity index (χ0n) is 10.1. The lowest BCUT2D eigenvalue weighted by Crippen LogP contribution is -2.05. The molecule has 1 aromatic heterocycles. The molecule has 0 unspecified atom stereocenters. The molecule has 4 heteroatoms. The molecule has 2 aromatic rings. The number of halogens is 1. The molecule has 2 nitrogen and oxygen atoms in total. The minimum Gasteiger partial charge on any atom is -0.493 e. The first kappa shape index (κ1) is 13.1. The number of hydrogen-bond donors (Lipinski definition) is 1. The van der Waals surface area contributed by atoms with E-state index in [0.717, 1.165) is 12.0 Å². The van der Waals surface area contributed by atoms with Crippen molar-refractivity contribution in [3.63, 3.8) is 0 Å². The number of rotatable bonds is 6. The summed E-state index contributed by atoms with van der Waals surface area (Å²) in [5, 5.41) is 4.13. The smallest absolute Gasteiger partial charge is 0.127 e. The van der Waals surface area contributed by atoms with Crippen molar-refractivity contribution in [1.29, 1.82) is 0 Å². The largest absolute Gasteiger partial charge is 0.493 e. The maximum absolute atomic E-state index is 13.3. The van der Waals surface area contributed by atoms with Gasteiger partial charge in [-0.3, -0.25) is 0 Å². The van der Waals surface area contributed by atoms with E-state index in [4.69, 9.17) is 10.5 Å². The predicted octanol–water partition coefficient (Wildman–Crippen LogP) is 3.01. The molecule has 96 valence electrons. The molecule has 0 aliphatic carbocycles. The molecule has 0 saturated heterocycles. The van der Waals surface area contributed by atoms with Crippen molar-refractivity contribution >= 4 is 11.3 Å². The number of ether oxygens (including phenoxy) is 1. The molecule has 0 fully saturated rings. The van der Waals surface area contributed by atoms with Gasteiger partial charge in [0, 0.05) is 12.5 Å². The maximum Gasteiger partial charge on any atom is 0.127 e. The molecule has 0 spiro atoms. The van der Waals surface area contributed by atoms with Gasteiger partial charge in [0.05, 0.1) is 6.61 Å². The summed E-state index contributed by atoms with van der Waals surface area (Å²) < 4.78 is 18.9. The number of thiophene rings is 1. The van der Waals surface area contributed by atoms with Crippen LogP contribution in [-0.2, 0) is 12.8 Å². The van der Waals surface area contributed by atoms with Crippen LogP contribution in [0.15, 0.2) is 35.0 Å². The lowest BCUT2D eigenvalue weighted by atomic mass is 10.1. The number of benzene rings is 1. The van der Waals surface area contributed by atoms with E-state index in [0.29, 0.717) is 25.3 Å². The van der Waals surface area contributed by atoms with Crippen LogP contribution >= 0.6 is 11.3 Å². The van der Waals surface area contributed by atoms with Crippen molar-refractivity contribution in [3.05, 3.63) is 52.0 Å². The Morgan fingerprint density at radius 3 is 2.78 bits per heavy atom. The first-order valence-corrected chi connectivity index (χ1v) is 6.85. The van der Waals surface area contributed by atoms with E-state index in [2.05, 4.69) is 11.4 Å². The molecule has 0 aliphatic heterocycles. The van der Waals surface area contributed by atoms with Gasteiger partial charge in [-0.1, -0.05) is 0 Å². The Hall–Kier alpha value is -1.39. The lowest BCUT2D eigenvalue weighted by Gasteiger charge is -2.08. The first-order chi connectivity index (χ1) is 8.78. The molecule has 1 heterocycles. The third-order valence-corrected chi connectivity index (χ3v) is 3.34. The molecular formula is C14H16FNOS. The maximum atomic E-state index is 13.3. The Kier molecular flexibility index (Phi) is 4.73. The summed E-state index contributed by atoms with van der Waals surface area (Å²) in [7, 11) is 0. The zero-order chi connectivity index (χ0) is 12.8. The van der Waals surface area contributed by atoms with Crippen LogP contribution in [0.2, 0.25) is 0 Å². The van der Waals surface area contributed by atoms with Gasteiger partial charge in [-0.25, -0.2) is 4.39 Å². The van der Waals surface area contributed by atoms with Gasteiger partial charge >= 0.3 is 0 Å². The quantitative estimate of drug-likeness (QED) is 0.871. The summed E-state index contributed by atoms with van der Waals surface area (Å²) in [6.07, 6.45) is 1.50. The Bertz CT molecular complexity index is 485. The van der Waals surface area contributed by atoms with Crippen molar-refractivity contribution in [2.75, 3.05) is 13.2 Å². The average molecular weight is 265 g/mol. The highest BCUT2D eigenvalue weighted by molar-refractivity contribution is 7.07. The van der Waals surface area contributed by atoms with E-state index >= 15 is 0 Å². The minimum absolute atomic E-state index is 0.272. The third kappa shape index (κ3) is 3.82. The Balaban J connectivity index is 1.92. The molecule has 0 atom stereocenters. The molecule has 0 bridgehead atoms. The van der Waals surface area contributed by atoms with Crippen LogP contribution in [0, 0.1) is 5.82 Å². The third-order valence-electron chi connectivity index (χ3n) is 2.60. The summed E-state index contributed by atoms with van der Waals surface area (Å²) in [5.41, 5.74) is 7.59. The lowest BCUT2D eigenvalue weighted by molar-refractivity contribution is 0.320. The Labute approximate surface area is 110 Å². The van der Waals surface area contributed by atoms with Crippen LogP contribution in [0.1, 0.15) is 11.1 Å². The number of hydrogen-bond acceptors (Lipinski definition) is 3. The monoisotopic (exact) mass is 265 g/mol. The highest BCUT2D eigenvalue weighted by Crippen LogP contribution is 2.17. The van der Waals surface area contributed by atoms with E-state index < -0.39 is 0 Å². The zero-order valence-corrected chi connectivity index (χ0v) is 10.9. The molecule has 0 radical (unpaired) electrons. The Morgan fingerprint density at radius 1 is 1.17 bits per heavy atom. The van der Waals surface area contributed by atoms with Gasteiger partial charge in [0.25, 0.3) is 0 Å². The second-order valence-electron chi connectivity index (χ2n) is 4.06. The fourth-order valence-corrected chi connectivity index (χ4v) is 2.44. The molecule has 2 rings (SSSR count). The first-order valence-electron chi connectivity index (χ1n) is 5.91.